The maximum atomic E-state index is 5.54. The largest absolute Gasteiger partial charge is 0.422 e. The van der Waals surface area contributed by atoms with Gasteiger partial charge in [-0.2, -0.15) is 0 Å². The molecule has 0 bridgehead atoms. The monoisotopic (exact) mass is 187 g/mol. The second kappa shape index (κ2) is 7.49. The normalized spacial score (nSPS) is 11.4. The van der Waals surface area contributed by atoms with Gasteiger partial charge in [0.25, 0.3) is 0 Å². The summed E-state index contributed by atoms with van der Waals surface area (Å²) in [5.74, 6) is 0. The predicted molar refractivity (Wildman–Crippen MR) is 57.8 cm³/mol. The molecule has 12 heavy (non-hydrogen) atoms. The summed E-state index contributed by atoms with van der Waals surface area (Å²) in [7, 11) is -0.250. The van der Waals surface area contributed by atoms with Gasteiger partial charge in [0.2, 0.25) is 0 Å². The molecule has 0 amide bonds. The lowest BCUT2D eigenvalue weighted by Gasteiger charge is -2.05. The van der Waals surface area contributed by atoms with E-state index in [0.29, 0.717) is 6.10 Å². The maximum absolute atomic E-state index is 5.54. The molecule has 0 atom stereocenters. The first kappa shape index (κ1) is 11.8. The average molecular weight is 187 g/mol. The van der Waals surface area contributed by atoms with E-state index in [2.05, 4.69) is 18.8 Å². The highest BCUT2D eigenvalue weighted by Gasteiger charge is 1.93. The highest BCUT2D eigenvalue weighted by atomic mass is 28.2. The summed E-state index contributed by atoms with van der Waals surface area (Å²) in [5.41, 5.74) is 1.18. The fraction of sp³-hybridized carbons (Fsp3) is 0.889. The molecule has 3 heteroatoms. The Hall–Kier alpha value is -0.153. The van der Waals surface area contributed by atoms with Crippen molar-refractivity contribution < 1.29 is 4.43 Å². The van der Waals surface area contributed by atoms with Crippen LogP contribution in [0.3, 0.4) is 0 Å². The molecule has 0 aromatic rings. The molecular weight excluding hydrogens is 166 g/mol. The third-order valence-corrected chi connectivity index (χ3v) is 3.12. The van der Waals surface area contributed by atoms with E-state index < -0.39 is 0 Å². The van der Waals surface area contributed by atoms with Gasteiger partial charge in [-0.1, -0.05) is 0 Å². The molecule has 2 nitrogen and oxygen atoms in total. The van der Waals surface area contributed by atoms with Crippen molar-refractivity contribution in [1.82, 2.24) is 0 Å². The van der Waals surface area contributed by atoms with E-state index in [4.69, 9.17) is 4.43 Å². The molecule has 0 N–H and O–H groups in total. The van der Waals surface area contributed by atoms with Gasteiger partial charge in [-0.3, -0.25) is 4.99 Å². The van der Waals surface area contributed by atoms with Crippen LogP contribution < -0.4 is 0 Å². The number of hydrogen-bond donors (Lipinski definition) is 0. The van der Waals surface area contributed by atoms with Crippen LogP contribution in [-0.2, 0) is 4.43 Å². The Bertz CT molecular complexity index is 130. The van der Waals surface area contributed by atoms with Crippen LogP contribution in [0.15, 0.2) is 4.99 Å². The van der Waals surface area contributed by atoms with Gasteiger partial charge in [0.05, 0.1) is 0 Å². The number of hydrogen-bond acceptors (Lipinski definition) is 2. The molecule has 0 heterocycles. The van der Waals surface area contributed by atoms with Crippen molar-refractivity contribution in [1.29, 1.82) is 0 Å². The molecule has 0 aromatic heterocycles. The molecule has 0 fully saturated rings. The number of aliphatic imine (C=N–C) groups is 1. The Labute approximate surface area is 78.4 Å². The molecule has 0 spiro atoms. The zero-order chi connectivity index (χ0) is 9.40. The fourth-order valence-corrected chi connectivity index (χ4v) is 1.90. The third kappa shape index (κ3) is 9.85. The SMILES string of the molecule is CC(C)=NCCC[SiH2]OC(C)C. The van der Waals surface area contributed by atoms with Gasteiger partial charge < -0.3 is 4.43 Å². The minimum absolute atomic E-state index is 0.250. The van der Waals surface area contributed by atoms with E-state index in [1.165, 1.54) is 18.2 Å². The highest BCUT2D eigenvalue weighted by Crippen LogP contribution is 1.94. The van der Waals surface area contributed by atoms with Gasteiger partial charge in [0.1, 0.15) is 0 Å². The molecular formula is C9H21NOSi. The summed E-state index contributed by atoms with van der Waals surface area (Å²) in [6.07, 6.45) is 1.62. The van der Waals surface area contributed by atoms with Crippen molar-refractivity contribution >= 4 is 15.5 Å². The highest BCUT2D eigenvalue weighted by molar-refractivity contribution is 6.27. The van der Waals surface area contributed by atoms with Crippen LogP contribution in [-0.4, -0.2) is 28.1 Å². The van der Waals surface area contributed by atoms with Crippen LogP contribution in [0.2, 0.25) is 6.04 Å². The van der Waals surface area contributed by atoms with Crippen molar-refractivity contribution in [2.24, 2.45) is 4.99 Å². The quantitative estimate of drug-likeness (QED) is 0.353. The Morgan fingerprint density at radius 2 is 2.08 bits per heavy atom. The first-order chi connectivity index (χ1) is 5.63. The number of nitrogens with zero attached hydrogens (tertiary/aromatic N) is 1. The summed E-state index contributed by atoms with van der Waals surface area (Å²) in [6.45, 7) is 9.27. The molecule has 0 aliphatic carbocycles. The van der Waals surface area contributed by atoms with E-state index in [9.17, 15) is 0 Å². The van der Waals surface area contributed by atoms with E-state index >= 15 is 0 Å². The van der Waals surface area contributed by atoms with Crippen LogP contribution in [0.25, 0.3) is 0 Å². The lowest BCUT2D eigenvalue weighted by Crippen LogP contribution is -2.06. The summed E-state index contributed by atoms with van der Waals surface area (Å²) in [5, 5.41) is 0. The van der Waals surface area contributed by atoms with Gasteiger partial charge in [-0.25, -0.2) is 0 Å². The van der Waals surface area contributed by atoms with Crippen LogP contribution >= 0.6 is 0 Å². The fourth-order valence-electron chi connectivity index (χ4n) is 0.836. The summed E-state index contributed by atoms with van der Waals surface area (Å²) in [4.78, 5) is 4.32. The van der Waals surface area contributed by atoms with Crippen LogP contribution in [0.4, 0.5) is 0 Å². The van der Waals surface area contributed by atoms with Crippen molar-refractivity contribution in [3.05, 3.63) is 0 Å². The molecule has 0 rings (SSSR count). The van der Waals surface area contributed by atoms with Gasteiger partial charge in [0.15, 0.2) is 9.76 Å². The van der Waals surface area contributed by atoms with Gasteiger partial charge in [0, 0.05) is 18.4 Å². The minimum Gasteiger partial charge on any atom is -0.422 e. The van der Waals surface area contributed by atoms with Crippen LogP contribution in [0.1, 0.15) is 34.1 Å². The standard InChI is InChI=1S/C9H21NOSi/c1-8(2)10-6-5-7-12-11-9(3)4/h9H,5-7,12H2,1-4H3. The van der Waals surface area contributed by atoms with Crippen LogP contribution in [0.5, 0.6) is 0 Å². The number of rotatable bonds is 6. The van der Waals surface area contributed by atoms with Crippen molar-refractivity contribution in [2.75, 3.05) is 6.54 Å². The summed E-state index contributed by atoms with van der Waals surface area (Å²) >= 11 is 0. The van der Waals surface area contributed by atoms with E-state index in [1.54, 1.807) is 0 Å². The zero-order valence-electron chi connectivity index (χ0n) is 8.76. The second-order valence-electron chi connectivity index (χ2n) is 3.46. The lowest BCUT2D eigenvalue weighted by atomic mass is 10.4. The minimum atomic E-state index is -0.250. The Kier molecular flexibility index (Phi) is 7.40. The Morgan fingerprint density at radius 1 is 1.42 bits per heavy atom. The topological polar surface area (TPSA) is 21.6 Å². The molecule has 0 aliphatic rings. The van der Waals surface area contributed by atoms with Gasteiger partial charge >= 0.3 is 0 Å². The molecule has 72 valence electrons. The zero-order valence-corrected chi connectivity index (χ0v) is 10.2. The Morgan fingerprint density at radius 3 is 2.58 bits per heavy atom. The molecule has 0 aromatic carbocycles. The average Bonchev–Trinajstić information content (AvgIpc) is 1.95. The molecule has 0 radical (unpaired) electrons. The van der Waals surface area contributed by atoms with Crippen LogP contribution in [0, 0.1) is 0 Å². The summed E-state index contributed by atoms with van der Waals surface area (Å²) in [6, 6.07) is 1.26. The smallest absolute Gasteiger partial charge is 0.162 e. The van der Waals surface area contributed by atoms with Crippen molar-refractivity contribution in [2.45, 2.75) is 46.3 Å². The van der Waals surface area contributed by atoms with Gasteiger partial charge in [-0.15, -0.1) is 0 Å². The van der Waals surface area contributed by atoms with Crippen molar-refractivity contribution in [3.63, 3.8) is 0 Å². The van der Waals surface area contributed by atoms with Gasteiger partial charge in [-0.05, 0) is 40.2 Å². The van der Waals surface area contributed by atoms with E-state index in [1.807, 2.05) is 13.8 Å². The molecule has 0 saturated carbocycles. The molecule has 0 unspecified atom stereocenters. The van der Waals surface area contributed by atoms with E-state index in [0.717, 1.165) is 6.54 Å². The Balaban J connectivity index is 3.06. The van der Waals surface area contributed by atoms with E-state index in [-0.39, 0.29) is 9.76 Å². The second-order valence-corrected chi connectivity index (χ2v) is 4.90. The lowest BCUT2D eigenvalue weighted by molar-refractivity contribution is 0.255. The maximum Gasteiger partial charge on any atom is 0.162 e. The van der Waals surface area contributed by atoms with Crippen molar-refractivity contribution in [3.8, 4) is 0 Å². The summed E-state index contributed by atoms with van der Waals surface area (Å²) < 4.78 is 5.54. The molecule has 0 saturated heterocycles. The first-order valence-electron chi connectivity index (χ1n) is 4.72. The predicted octanol–water partition coefficient (Wildman–Crippen LogP) is 1.78. The third-order valence-electron chi connectivity index (χ3n) is 1.43. The first-order valence-corrected chi connectivity index (χ1v) is 6.30. The molecule has 0 aliphatic heterocycles.